The standard InChI is InChI=1S/C18H22N2O5S2/c19-27(23,24)18-6-2-1-4-16(18)20-26(21,22)13-11-14-7-9-15(10-8-14)17-5-3-12-25-17/h1-2,4,6-10,17,20H,3,5,11-13H2,(H2,19,23,24). The van der Waals surface area contributed by atoms with Gasteiger partial charge < -0.3 is 4.74 Å². The molecule has 1 atom stereocenters. The molecule has 2 aromatic carbocycles. The summed E-state index contributed by atoms with van der Waals surface area (Å²) in [7, 11) is -7.76. The van der Waals surface area contributed by atoms with Gasteiger partial charge in [-0.15, -0.1) is 0 Å². The Labute approximate surface area is 159 Å². The molecule has 9 heteroatoms. The Kier molecular flexibility index (Phi) is 5.85. The topological polar surface area (TPSA) is 116 Å². The minimum atomic E-state index is -4.02. The van der Waals surface area contributed by atoms with E-state index >= 15 is 0 Å². The van der Waals surface area contributed by atoms with Crippen LogP contribution in [0.5, 0.6) is 0 Å². The van der Waals surface area contributed by atoms with Crippen LogP contribution in [0.15, 0.2) is 53.4 Å². The molecule has 3 N–H and O–H groups in total. The number of aryl methyl sites for hydroxylation is 1. The summed E-state index contributed by atoms with van der Waals surface area (Å²) in [6, 6.07) is 13.4. The second-order valence-electron chi connectivity index (χ2n) is 6.46. The molecule has 27 heavy (non-hydrogen) atoms. The Balaban J connectivity index is 1.65. The maximum atomic E-state index is 12.4. The summed E-state index contributed by atoms with van der Waals surface area (Å²) in [4.78, 5) is -0.255. The SMILES string of the molecule is NS(=O)(=O)c1ccccc1NS(=O)(=O)CCc1ccc(C2CCCO2)cc1. The van der Waals surface area contributed by atoms with Crippen LogP contribution >= 0.6 is 0 Å². The van der Waals surface area contributed by atoms with E-state index in [4.69, 9.17) is 9.88 Å². The number of nitrogens with two attached hydrogens (primary N) is 1. The Morgan fingerprint density at radius 1 is 1.04 bits per heavy atom. The third kappa shape index (κ3) is 5.29. The van der Waals surface area contributed by atoms with Crippen molar-refractivity contribution in [3.05, 3.63) is 59.7 Å². The van der Waals surface area contributed by atoms with Crippen molar-refractivity contribution in [2.45, 2.75) is 30.3 Å². The largest absolute Gasteiger partial charge is 0.374 e. The molecule has 2 aromatic rings. The highest BCUT2D eigenvalue weighted by Gasteiger charge is 2.19. The first kappa shape index (κ1) is 19.8. The molecule has 0 bridgehead atoms. The fraction of sp³-hybridized carbons (Fsp3) is 0.333. The molecule has 1 aliphatic rings. The van der Waals surface area contributed by atoms with E-state index in [2.05, 4.69) is 4.72 Å². The zero-order chi connectivity index (χ0) is 19.5. The van der Waals surface area contributed by atoms with Gasteiger partial charge in [-0.05, 0) is 42.5 Å². The van der Waals surface area contributed by atoms with Gasteiger partial charge >= 0.3 is 0 Å². The van der Waals surface area contributed by atoms with E-state index < -0.39 is 20.0 Å². The van der Waals surface area contributed by atoms with Gasteiger partial charge in [0.05, 0.1) is 17.5 Å². The van der Waals surface area contributed by atoms with Crippen LogP contribution < -0.4 is 9.86 Å². The zero-order valence-corrected chi connectivity index (χ0v) is 16.3. The molecule has 0 amide bonds. The number of hydrogen-bond acceptors (Lipinski definition) is 5. The Hall–Kier alpha value is -1.94. The molecular weight excluding hydrogens is 388 g/mol. The van der Waals surface area contributed by atoms with Crippen molar-refractivity contribution in [1.82, 2.24) is 0 Å². The number of primary sulfonamides is 1. The molecule has 1 saturated heterocycles. The van der Waals surface area contributed by atoms with Gasteiger partial charge in [-0.2, -0.15) is 0 Å². The molecule has 0 aliphatic carbocycles. The molecule has 1 unspecified atom stereocenters. The van der Waals surface area contributed by atoms with Crippen LogP contribution in [-0.4, -0.2) is 29.2 Å². The molecule has 0 aromatic heterocycles. The van der Waals surface area contributed by atoms with Crippen molar-refractivity contribution >= 4 is 25.7 Å². The molecule has 0 radical (unpaired) electrons. The lowest BCUT2D eigenvalue weighted by atomic mass is 10.0. The summed E-state index contributed by atoms with van der Waals surface area (Å²) in [5.41, 5.74) is 1.93. The van der Waals surface area contributed by atoms with Gasteiger partial charge in [0.2, 0.25) is 20.0 Å². The van der Waals surface area contributed by atoms with Crippen LogP contribution in [0, 0.1) is 0 Å². The number of anilines is 1. The summed E-state index contributed by atoms with van der Waals surface area (Å²) in [5, 5.41) is 5.13. The number of para-hydroxylation sites is 1. The number of sulfonamides is 2. The van der Waals surface area contributed by atoms with E-state index in [-0.39, 0.29) is 22.4 Å². The average molecular weight is 411 g/mol. The van der Waals surface area contributed by atoms with Crippen LogP contribution in [0.25, 0.3) is 0 Å². The highest BCUT2D eigenvalue weighted by atomic mass is 32.2. The van der Waals surface area contributed by atoms with Gasteiger partial charge in [-0.25, -0.2) is 22.0 Å². The second kappa shape index (κ2) is 7.97. The van der Waals surface area contributed by atoms with Gasteiger partial charge in [0, 0.05) is 6.61 Å². The molecule has 3 rings (SSSR count). The van der Waals surface area contributed by atoms with E-state index in [1.54, 1.807) is 0 Å². The van der Waals surface area contributed by atoms with Crippen LogP contribution in [0.3, 0.4) is 0 Å². The summed E-state index contributed by atoms with van der Waals surface area (Å²) in [5.74, 6) is -0.175. The summed E-state index contributed by atoms with van der Waals surface area (Å²) in [6.07, 6.45) is 2.48. The maximum absolute atomic E-state index is 12.4. The van der Waals surface area contributed by atoms with Crippen molar-refractivity contribution in [3.8, 4) is 0 Å². The molecule has 7 nitrogen and oxygen atoms in total. The number of rotatable bonds is 7. The lowest BCUT2D eigenvalue weighted by molar-refractivity contribution is 0.112. The monoisotopic (exact) mass is 410 g/mol. The molecule has 0 spiro atoms. The van der Waals surface area contributed by atoms with E-state index in [1.807, 2.05) is 24.3 Å². The number of hydrogen-bond donors (Lipinski definition) is 2. The number of ether oxygens (including phenoxy) is 1. The predicted molar refractivity (Wildman–Crippen MR) is 103 cm³/mol. The van der Waals surface area contributed by atoms with Crippen LogP contribution in [0.2, 0.25) is 0 Å². The molecule has 1 heterocycles. The highest BCUT2D eigenvalue weighted by Crippen LogP contribution is 2.28. The number of benzene rings is 2. The van der Waals surface area contributed by atoms with E-state index in [9.17, 15) is 16.8 Å². The normalized spacial score (nSPS) is 17.7. The second-order valence-corrected chi connectivity index (χ2v) is 9.83. The van der Waals surface area contributed by atoms with Crippen molar-refractivity contribution in [2.24, 2.45) is 5.14 Å². The highest BCUT2D eigenvalue weighted by molar-refractivity contribution is 7.93. The van der Waals surface area contributed by atoms with E-state index in [0.29, 0.717) is 6.42 Å². The lowest BCUT2D eigenvalue weighted by Gasteiger charge is -2.12. The Morgan fingerprint density at radius 2 is 1.74 bits per heavy atom. The third-order valence-corrected chi connectivity index (χ3v) is 6.64. The minimum Gasteiger partial charge on any atom is -0.374 e. The van der Waals surface area contributed by atoms with Crippen molar-refractivity contribution in [3.63, 3.8) is 0 Å². The van der Waals surface area contributed by atoms with Gasteiger partial charge in [-0.1, -0.05) is 36.4 Å². The van der Waals surface area contributed by atoms with Crippen molar-refractivity contribution < 1.29 is 21.6 Å². The van der Waals surface area contributed by atoms with Crippen molar-refractivity contribution in [1.29, 1.82) is 0 Å². The quantitative estimate of drug-likeness (QED) is 0.726. The van der Waals surface area contributed by atoms with E-state index in [0.717, 1.165) is 30.6 Å². The number of nitrogens with one attached hydrogen (secondary N) is 1. The fourth-order valence-corrected chi connectivity index (χ4v) is 4.89. The summed E-state index contributed by atoms with van der Waals surface area (Å²) in [6.45, 7) is 0.774. The van der Waals surface area contributed by atoms with Crippen LogP contribution in [-0.2, 0) is 31.2 Å². The van der Waals surface area contributed by atoms with Gasteiger partial charge in [0.15, 0.2) is 0 Å². The van der Waals surface area contributed by atoms with E-state index in [1.165, 1.54) is 24.3 Å². The molecule has 0 saturated carbocycles. The maximum Gasteiger partial charge on any atom is 0.240 e. The Morgan fingerprint density at radius 3 is 2.37 bits per heavy atom. The first-order chi connectivity index (χ1) is 12.7. The van der Waals surface area contributed by atoms with Crippen LogP contribution in [0.1, 0.15) is 30.1 Å². The molecule has 146 valence electrons. The lowest BCUT2D eigenvalue weighted by Crippen LogP contribution is -2.21. The molecular formula is C18H22N2O5S2. The summed E-state index contributed by atoms with van der Waals surface area (Å²) < 4.78 is 55.9. The van der Waals surface area contributed by atoms with Crippen LogP contribution in [0.4, 0.5) is 5.69 Å². The predicted octanol–water partition coefficient (Wildman–Crippen LogP) is 2.17. The average Bonchev–Trinajstić information content (AvgIpc) is 3.14. The third-order valence-electron chi connectivity index (χ3n) is 4.40. The first-order valence-electron chi connectivity index (χ1n) is 8.57. The smallest absolute Gasteiger partial charge is 0.240 e. The Bertz CT molecular complexity index is 996. The summed E-state index contributed by atoms with van der Waals surface area (Å²) >= 11 is 0. The fourth-order valence-electron chi connectivity index (χ4n) is 3.01. The zero-order valence-electron chi connectivity index (χ0n) is 14.7. The van der Waals surface area contributed by atoms with Gasteiger partial charge in [0.25, 0.3) is 0 Å². The molecule has 1 fully saturated rings. The molecule has 1 aliphatic heterocycles. The first-order valence-corrected chi connectivity index (χ1v) is 11.8. The van der Waals surface area contributed by atoms with Gasteiger partial charge in [0.1, 0.15) is 4.90 Å². The minimum absolute atomic E-state index is 0.0475. The van der Waals surface area contributed by atoms with Crippen molar-refractivity contribution in [2.75, 3.05) is 17.1 Å². The van der Waals surface area contributed by atoms with Gasteiger partial charge in [-0.3, -0.25) is 4.72 Å².